The number of hydrogen-bond donors (Lipinski definition) is 3. The molecule has 14 heteroatoms. The number of alkyl halides is 4. The second kappa shape index (κ2) is 11.2. The third-order valence-electron chi connectivity index (χ3n) is 8.13. The van der Waals surface area contributed by atoms with Crippen LogP contribution in [-0.2, 0) is 15.8 Å². The van der Waals surface area contributed by atoms with Crippen molar-refractivity contribution in [2.24, 2.45) is 5.73 Å². The van der Waals surface area contributed by atoms with Crippen molar-refractivity contribution in [3.8, 4) is 22.8 Å². The molecule has 1 unspecified atom stereocenters. The van der Waals surface area contributed by atoms with Crippen LogP contribution in [0, 0.1) is 12.7 Å². The number of carbonyl (C=O) groups is 2. The topological polar surface area (TPSA) is 137 Å². The molecule has 2 aromatic heterocycles. The summed E-state index contributed by atoms with van der Waals surface area (Å²) in [5, 5.41) is 13.9. The second-order valence-electron chi connectivity index (χ2n) is 11.5. The zero-order valence-electron chi connectivity index (χ0n) is 24.3. The molecule has 1 aliphatic heterocycles. The van der Waals surface area contributed by atoms with Crippen LogP contribution in [0.3, 0.4) is 0 Å². The van der Waals surface area contributed by atoms with E-state index in [0.717, 1.165) is 30.5 Å². The van der Waals surface area contributed by atoms with E-state index < -0.39 is 60.3 Å². The minimum atomic E-state index is -5.45. The van der Waals surface area contributed by atoms with Crippen LogP contribution in [0.5, 0.6) is 11.5 Å². The predicted octanol–water partition coefficient (Wildman–Crippen LogP) is 4.55. The van der Waals surface area contributed by atoms with Gasteiger partial charge in [-0.15, -0.1) is 0 Å². The maximum absolute atomic E-state index is 14.8. The van der Waals surface area contributed by atoms with Crippen molar-refractivity contribution in [2.45, 2.75) is 43.1 Å². The number of fused-ring (bicyclic) bond motifs is 2. The smallest absolute Gasteiger partial charge is 0.424 e. The van der Waals surface area contributed by atoms with Crippen LogP contribution in [-0.4, -0.2) is 59.0 Å². The summed E-state index contributed by atoms with van der Waals surface area (Å²) in [4.78, 5) is 34.2. The van der Waals surface area contributed by atoms with Gasteiger partial charge in [0.25, 0.3) is 5.91 Å². The van der Waals surface area contributed by atoms with Gasteiger partial charge in [-0.25, -0.2) is 13.8 Å². The van der Waals surface area contributed by atoms with Crippen LogP contribution < -0.4 is 20.5 Å². The molecule has 9 nitrogen and oxygen atoms in total. The van der Waals surface area contributed by atoms with Crippen molar-refractivity contribution in [3.63, 3.8) is 0 Å². The van der Waals surface area contributed by atoms with E-state index in [2.05, 4.69) is 15.3 Å². The fraction of sp³-hybridized carbons (Fsp3) is 0.312. The number of primary amides is 1. The Morgan fingerprint density at radius 3 is 2.50 bits per heavy atom. The summed E-state index contributed by atoms with van der Waals surface area (Å²) in [5.41, 5.74) is -1.07. The molecule has 0 spiro atoms. The van der Waals surface area contributed by atoms with Crippen molar-refractivity contribution >= 4 is 22.7 Å². The van der Waals surface area contributed by atoms with Crippen LogP contribution in [0.2, 0.25) is 0 Å². The number of hydrogen-bond acceptors (Lipinski definition) is 7. The number of benzene rings is 2. The molecule has 4 N–H and O–H groups in total. The highest BCUT2D eigenvalue weighted by molar-refractivity contribution is 6.00. The Hall–Kier alpha value is -4.85. The number of rotatable bonds is 9. The average Bonchev–Trinajstić information content (AvgIpc) is 3.75. The van der Waals surface area contributed by atoms with Crippen molar-refractivity contribution in [1.82, 2.24) is 15.3 Å². The van der Waals surface area contributed by atoms with Crippen molar-refractivity contribution in [1.29, 1.82) is 0 Å². The Labute approximate surface area is 258 Å². The number of aliphatic hydroxyl groups is 1. The standard InChI is InChI=1S/C32H27F5N4O5/c1-16-8-18-9-19(10-23(25(18)39-12-16)46-21-6-7-21)28(42)40-14-31(44,32(35,36)37)24-11-22-27(45-15-30(22,13-33)29(38)43)26(41-24)17-2-4-20(34)5-3-17/h2-5,8-12,21,44H,6-7,13-15H2,1H3,(H2,38,43)(H,40,42)/t30-,31?/m0/s1. The lowest BCUT2D eigenvalue weighted by molar-refractivity contribution is -0.265. The highest BCUT2D eigenvalue weighted by atomic mass is 19.4. The molecule has 3 heterocycles. The van der Waals surface area contributed by atoms with Crippen molar-refractivity contribution < 1.29 is 46.1 Å². The highest BCUT2D eigenvalue weighted by Gasteiger charge is 2.58. The van der Waals surface area contributed by atoms with E-state index in [-0.39, 0.29) is 40.0 Å². The molecule has 2 aromatic carbocycles. The fourth-order valence-corrected chi connectivity index (χ4v) is 5.26. The minimum Gasteiger partial charge on any atom is -0.489 e. The third kappa shape index (κ3) is 5.36. The van der Waals surface area contributed by atoms with E-state index in [0.29, 0.717) is 17.0 Å². The molecule has 0 radical (unpaired) electrons. The van der Waals surface area contributed by atoms with Crippen molar-refractivity contribution in [3.05, 3.63) is 82.9 Å². The average molecular weight is 643 g/mol. The van der Waals surface area contributed by atoms with Gasteiger partial charge in [0.1, 0.15) is 47.2 Å². The van der Waals surface area contributed by atoms with E-state index in [1.165, 1.54) is 24.3 Å². The van der Waals surface area contributed by atoms with E-state index >= 15 is 0 Å². The maximum atomic E-state index is 14.8. The van der Waals surface area contributed by atoms with Gasteiger partial charge in [0.15, 0.2) is 0 Å². The molecular formula is C32H27F5N4O5. The Kier molecular flexibility index (Phi) is 7.58. The quantitative estimate of drug-likeness (QED) is 0.228. The van der Waals surface area contributed by atoms with E-state index in [9.17, 15) is 36.6 Å². The molecule has 2 aliphatic rings. The molecule has 2 amide bonds. The van der Waals surface area contributed by atoms with Gasteiger partial charge in [0.05, 0.1) is 18.3 Å². The van der Waals surface area contributed by atoms with Gasteiger partial charge in [-0.05, 0) is 73.9 Å². The number of amides is 2. The lowest BCUT2D eigenvalue weighted by Crippen LogP contribution is -2.52. The van der Waals surface area contributed by atoms with Crippen LogP contribution in [0.25, 0.3) is 22.2 Å². The molecule has 46 heavy (non-hydrogen) atoms. The normalized spacial score (nSPS) is 18.8. The lowest BCUT2D eigenvalue weighted by atomic mass is 9.81. The maximum Gasteiger partial charge on any atom is 0.424 e. The second-order valence-corrected chi connectivity index (χ2v) is 11.5. The molecule has 0 bridgehead atoms. The van der Waals surface area contributed by atoms with Gasteiger partial charge in [-0.1, -0.05) is 0 Å². The summed E-state index contributed by atoms with van der Waals surface area (Å²) < 4.78 is 83.8. The summed E-state index contributed by atoms with van der Waals surface area (Å²) in [6, 6.07) is 9.66. The van der Waals surface area contributed by atoms with E-state index in [4.69, 9.17) is 15.2 Å². The number of nitrogens with two attached hydrogens (primary N) is 1. The first-order chi connectivity index (χ1) is 21.8. The van der Waals surface area contributed by atoms with Gasteiger partial charge in [-0.3, -0.25) is 14.6 Å². The first kappa shape index (κ1) is 31.1. The number of aryl methyl sites for hydroxylation is 1. The number of nitrogens with zero attached hydrogens (tertiary/aromatic N) is 2. The van der Waals surface area contributed by atoms with Gasteiger partial charge in [0.2, 0.25) is 11.5 Å². The summed E-state index contributed by atoms with van der Waals surface area (Å²) in [6.45, 7) is -1.71. The van der Waals surface area contributed by atoms with Crippen LogP contribution >= 0.6 is 0 Å². The number of pyridine rings is 2. The lowest BCUT2D eigenvalue weighted by Gasteiger charge is -2.31. The molecule has 0 saturated heterocycles. The largest absolute Gasteiger partial charge is 0.489 e. The summed E-state index contributed by atoms with van der Waals surface area (Å²) in [7, 11) is 0. The highest BCUT2D eigenvalue weighted by Crippen LogP contribution is 2.48. The van der Waals surface area contributed by atoms with Gasteiger partial charge >= 0.3 is 6.18 Å². The van der Waals surface area contributed by atoms with Gasteiger partial charge < -0.3 is 25.6 Å². The van der Waals surface area contributed by atoms with Gasteiger partial charge in [-0.2, -0.15) is 13.2 Å². The molecule has 1 saturated carbocycles. The van der Waals surface area contributed by atoms with E-state index in [1.807, 2.05) is 0 Å². The van der Waals surface area contributed by atoms with Crippen molar-refractivity contribution in [2.75, 3.05) is 19.8 Å². The molecule has 6 rings (SSSR count). The molecular weight excluding hydrogens is 615 g/mol. The van der Waals surface area contributed by atoms with E-state index in [1.54, 1.807) is 19.2 Å². The number of aromatic nitrogens is 2. The molecule has 1 fully saturated rings. The number of nitrogens with one attached hydrogen (secondary N) is 1. The molecule has 240 valence electrons. The summed E-state index contributed by atoms with van der Waals surface area (Å²) in [5.74, 6) is -2.80. The Morgan fingerprint density at radius 1 is 1.15 bits per heavy atom. The van der Waals surface area contributed by atoms with Crippen LogP contribution in [0.4, 0.5) is 22.0 Å². The molecule has 4 aromatic rings. The Bertz CT molecular complexity index is 1860. The Morgan fingerprint density at radius 2 is 1.87 bits per heavy atom. The molecule has 1 aliphatic carbocycles. The Balaban J connectivity index is 1.42. The number of carbonyl (C=O) groups excluding carboxylic acids is 2. The predicted molar refractivity (Wildman–Crippen MR) is 154 cm³/mol. The summed E-state index contributed by atoms with van der Waals surface area (Å²) >= 11 is 0. The minimum absolute atomic E-state index is 0.0486. The monoisotopic (exact) mass is 642 g/mol. The number of ether oxygens (including phenoxy) is 2. The zero-order chi connectivity index (χ0) is 33.0. The summed E-state index contributed by atoms with van der Waals surface area (Å²) in [6.07, 6.45) is -2.28. The third-order valence-corrected chi connectivity index (χ3v) is 8.13. The number of halogens is 5. The fourth-order valence-electron chi connectivity index (χ4n) is 5.26. The first-order valence-electron chi connectivity index (χ1n) is 14.2. The van der Waals surface area contributed by atoms with Crippen LogP contribution in [0.1, 0.15) is 40.0 Å². The molecule has 2 atom stereocenters. The zero-order valence-corrected chi connectivity index (χ0v) is 24.3. The van der Waals surface area contributed by atoms with Crippen LogP contribution in [0.15, 0.2) is 54.7 Å². The first-order valence-corrected chi connectivity index (χ1v) is 14.2. The SMILES string of the molecule is Cc1cnc2c(OC3CC3)cc(C(=O)NCC(O)(c3cc4c(c(-c5ccc(F)cc5)n3)OC[C@]4(CF)C(N)=O)C(F)(F)F)cc2c1. The van der Waals surface area contributed by atoms with Gasteiger partial charge in [0, 0.05) is 28.3 Å².